The molecule has 0 aliphatic carbocycles. The molecule has 0 unspecified atom stereocenters. The fraction of sp³-hybridized carbons (Fsp3) is 0.409. The maximum absolute atomic E-state index is 5.65. The first kappa shape index (κ1) is 19.4. The molecule has 2 heterocycles. The standard InChI is InChI=1S/C16H17N3O.C6H12O/c17-9-10-20-16-8-4-7-15-14(16)11-18-19(15)12-13-5-2-1-3-6-13;1-6-2-4-7-5-3-6/h1-8,11H,9-10,12,17H2;6H,2-5H2,1H3. The van der Waals surface area contributed by atoms with Gasteiger partial charge >= 0.3 is 0 Å². The maximum atomic E-state index is 5.65. The summed E-state index contributed by atoms with van der Waals surface area (Å²) in [5.74, 6) is 1.75. The molecule has 0 saturated carbocycles. The summed E-state index contributed by atoms with van der Waals surface area (Å²) in [6.45, 7) is 6.03. The fourth-order valence-corrected chi connectivity index (χ4v) is 3.07. The molecule has 1 fully saturated rings. The summed E-state index contributed by atoms with van der Waals surface area (Å²) in [6.07, 6.45) is 4.38. The van der Waals surface area contributed by atoms with E-state index in [9.17, 15) is 0 Å². The van der Waals surface area contributed by atoms with Crippen molar-refractivity contribution in [3.63, 3.8) is 0 Å². The van der Waals surface area contributed by atoms with E-state index in [1.165, 1.54) is 18.4 Å². The first-order valence-electron chi connectivity index (χ1n) is 9.67. The Kier molecular flexibility index (Phi) is 7.25. The van der Waals surface area contributed by atoms with E-state index in [1.54, 1.807) is 0 Å². The minimum Gasteiger partial charge on any atom is -0.492 e. The summed E-state index contributed by atoms with van der Waals surface area (Å²) in [4.78, 5) is 0. The number of fused-ring (bicyclic) bond motifs is 1. The Bertz CT molecular complexity index is 811. The van der Waals surface area contributed by atoms with Crippen LogP contribution in [0.3, 0.4) is 0 Å². The molecule has 0 amide bonds. The Morgan fingerprint density at radius 3 is 2.56 bits per heavy atom. The molecule has 0 radical (unpaired) electrons. The van der Waals surface area contributed by atoms with E-state index in [0.29, 0.717) is 13.2 Å². The zero-order valence-electron chi connectivity index (χ0n) is 16.0. The second-order valence-electron chi connectivity index (χ2n) is 6.91. The van der Waals surface area contributed by atoms with Gasteiger partial charge in [0, 0.05) is 19.8 Å². The molecule has 5 heteroatoms. The Balaban J connectivity index is 0.000000253. The number of ether oxygens (including phenoxy) is 2. The molecule has 1 aliphatic heterocycles. The minimum atomic E-state index is 0.508. The van der Waals surface area contributed by atoms with Crippen molar-refractivity contribution >= 4 is 10.9 Å². The van der Waals surface area contributed by atoms with Gasteiger partial charge in [0.25, 0.3) is 0 Å². The van der Waals surface area contributed by atoms with Gasteiger partial charge in [0.15, 0.2) is 0 Å². The molecule has 144 valence electrons. The van der Waals surface area contributed by atoms with Gasteiger partial charge in [-0.15, -0.1) is 0 Å². The van der Waals surface area contributed by atoms with Crippen LogP contribution in [0.4, 0.5) is 0 Å². The van der Waals surface area contributed by atoms with E-state index >= 15 is 0 Å². The van der Waals surface area contributed by atoms with Gasteiger partial charge in [-0.25, -0.2) is 0 Å². The lowest BCUT2D eigenvalue weighted by molar-refractivity contribution is 0.0716. The highest BCUT2D eigenvalue weighted by Gasteiger charge is 2.08. The zero-order chi connectivity index (χ0) is 18.9. The van der Waals surface area contributed by atoms with Gasteiger partial charge in [0.05, 0.1) is 23.6 Å². The third kappa shape index (κ3) is 5.55. The lowest BCUT2D eigenvalue weighted by Gasteiger charge is -2.16. The largest absolute Gasteiger partial charge is 0.492 e. The van der Waals surface area contributed by atoms with Crippen molar-refractivity contribution < 1.29 is 9.47 Å². The Morgan fingerprint density at radius 2 is 1.89 bits per heavy atom. The number of hydrogen-bond donors (Lipinski definition) is 1. The smallest absolute Gasteiger partial charge is 0.130 e. The first-order chi connectivity index (χ1) is 13.3. The van der Waals surface area contributed by atoms with E-state index in [2.05, 4.69) is 30.2 Å². The molecule has 2 aromatic carbocycles. The molecule has 1 aliphatic rings. The summed E-state index contributed by atoms with van der Waals surface area (Å²) < 4.78 is 12.8. The van der Waals surface area contributed by atoms with Crippen LogP contribution in [0, 0.1) is 5.92 Å². The second kappa shape index (κ2) is 10.1. The number of aromatic nitrogens is 2. The highest BCUT2D eigenvalue weighted by atomic mass is 16.5. The average molecular weight is 367 g/mol. The number of hydrogen-bond acceptors (Lipinski definition) is 4. The van der Waals surface area contributed by atoms with Gasteiger partial charge < -0.3 is 15.2 Å². The molecular formula is C22H29N3O2. The fourth-order valence-electron chi connectivity index (χ4n) is 3.07. The summed E-state index contributed by atoms with van der Waals surface area (Å²) in [5.41, 5.74) is 7.78. The molecule has 5 nitrogen and oxygen atoms in total. The van der Waals surface area contributed by atoms with Crippen molar-refractivity contribution in [1.29, 1.82) is 0 Å². The molecule has 0 atom stereocenters. The van der Waals surface area contributed by atoms with Gasteiger partial charge in [-0.2, -0.15) is 5.10 Å². The summed E-state index contributed by atoms with van der Waals surface area (Å²) in [7, 11) is 0. The molecule has 3 aromatic rings. The lowest BCUT2D eigenvalue weighted by atomic mass is 10.0. The van der Waals surface area contributed by atoms with E-state index < -0.39 is 0 Å². The van der Waals surface area contributed by atoms with Crippen LogP contribution >= 0.6 is 0 Å². The lowest BCUT2D eigenvalue weighted by Crippen LogP contribution is -2.12. The van der Waals surface area contributed by atoms with E-state index in [4.69, 9.17) is 15.2 Å². The Hall–Kier alpha value is -2.37. The maximum Gasteiger partial charge on any atom is 0.130 e. The van der Waals surface area contributed by atoms with Gasteiger partial charge in [-0.05, 0) is 36.5 Å². The van der Waals surface area contributed by atoms with Gasteiger partial charge in [-0.1, -0.05) is 43.3 Å². The quantitative estimate of drug-likeness (QED) is 0.744. The topological polar surface area (TPSA) is 62.3 Å². The van der Waals surface area contributed by atoms with Crippen molar-refractivity contribution in [2.45, 2.75) is 26.3 Å². The van der Waals surface area contributed by atoms with Crippen LogP contribution in [-0.2, 0) is 11.3 Å². The van der Waals surface area contributed by atoms with Crippen LogP contribution in [0.15, 0.2) is 54.7 Å². The minimum absolute atomic E-state index is 0.508. The Labute approximate surface area is 161 Å². The van der Waals surface area contributed by atoms with E-state index in [0.717, 1.165) is 42.3 Å². The predicted molar refractivity (Wildman–Crippen MR) is 109 cm³/mol. The van der Waals surface area contributed by atoms with E-state index in [1.807, 2.05) is 41.2 Å². The van der Waals surface area contributed by atoms with E-state index in [-0.39, 0.29) is 0 Å². The Morgan fingerprint density at radius 1 is 1.11 bits per heavy atom. The van der Waals surface area contributed by atoms with Crippen molar-refractivity contribution in [2.24, 2.45) is 11.7 Å². The van der Waals surface area contributed by atoms with Crippen LogP contribution in [0.1, 0.15) is 25.3 Å². The summed E-state index contributed by atoms with van der Waals surface area (Å²) in [6, 6.07) is 16.3. The van der Waals surface area contributed by atoms with Crippen molar-refractivity contribution in [3.05, 3.63) is 60.3 Å². The highest BCUT2D eigenvalue weighted by molar-refractivity contribution is 5.85. The van der Waals surface area contributed by atoms with Crippen LogP contribution in [0.2, 0.25) is 0 Å². The van der Waals surface area contributed by atoms with Gasteiger partial charge in [0.2, 0.25) is 0 Å². The number of rotatable bonds is 5. The van der Waals surface area contributed by atoms with Gasteiger partial charge in [0.1, 0.15) is 12.4 Å². The summed E-state index contributed by atoms with van der Waals surface area (Å²) in [5, 5.41) is 5.49. The number of nitrogens with zero attached hydrogens (tertiary/aromatic N) is 2. The molecule has 4 rings (SSSR count). The third-order valence-electron chi connectivity index (χ3n) is 4.71. The van der Waals surface area contributed by atoms with Crippen LogP contribution in [0.25, 0.3) is 10.9 Å². The van der Waals surface area contributed by atoms with Gasteiger partial charge in [-0.3, -0.25) is 4.68 Å². The zero-order valence-corrected chi connectivity index (χ0v) is 16.0. The monoisotopic (exact) mass is 367 g/mol. The van der Waals surface area contributed by atoms with Crippen LogP contribution < -0.4 is 10.5 Å². The third-order valence-corrected chi connectivity index (χ3v) is 4.71. The number of nitrogens with two attached hydrogens (primary N) is 1. The molecular weight excluding hydrogens is 338 g/mol. The SMILES string of the molecule is CC1CCOCC1.NCCOc1cccc2c1cnn2Cc1ccccc1. The van der Waals surface area contributed by atoms with Crippen LogP contribution in [0.5, 0.6) is 5.75 Å². The van der Waals surface area contributed by atoms with Crippen molar-refractivity contribution in [2.75, 3.05) is 26.4 Å². The van der Waals surface area contributed by atoms with Crippen molar-refractivity contribution in [1.82, 2.24) is 9.78 Å². The normalized spacial score (nSPS) is 14.6. The molecule has 2 N–H and O–H groups in total. The predicted octanol–water partition coefficient (Wildman–Crippen LogP) is 3.86. The number of benzene rings is 2. The van der Waals surface area contributed by atoms with Crippen LogP contribution in [-0.4, -0.2) is 36.1 Å². The molecule has 0 spiro atoms. The average Bonchev–Trinajstić information content (AvgIpc) is 3.12. The molecule has 27 heavy (non-hydrogen) atoms. The second-order valence-corrected chi connectivity index (χ2v) is 6.91. The molecule has 1 saturated heterocycles. The first-order valence-corrected chi connectivity index (χ1v) is 9.67. The molecule has 1 aromatic heterocycles. The van der Waals surface area contributed by atoms with Crippen molar-refractivity contribution in [3.8, 4) is 5.75 Å². The summed E-state index contributed by atoms with van der Waals surface area (Å²) >= 11 is 0. The molecule has 0 bridgehead atoms. The highest BCUT2D eigenvalue weighted by Crippen LogP contribution is 2.25.